The number of rotatable bonds is 5. The van der Waals surface area contributed by atoms with Gasteiger partial charge in [0.15, 0.2) is 11.5 Å². The summed E-state index contributed by atoms with van der Waals surface area (Å²) in [4.78, 5) is 28.0. The molecule has 2 heterocycles. The molecule has 0 spiro atoms. The average molecular weight is 465 g/mol. The molecule has 1 N–H and O–H groups in total. The topological polar surface area (TPSA) is 67.9 Å². The monoisotopic (exact) mass is 464 g/mol. The minimum atomic E-state index is -0.489. The molecule has 166 valence electrons. The molecule has 3 aromatic carbocycles. The molecule has 2 aliphatic rings. The zero-order valence-electron chi connectivity index (χ0n) is 17.5. The van der Waals surface area contributed by atoms with Gasteiger partial charge in [0.2, 0.25) is 6.79 Å². The van der Waals surface area contributed by atoms with Gasteiger partial charge in [-0.15, -0.1) is 0 Å². The molecule has 3 aromatic rings. The molecule has 0 aromatic heterocycles. The molecule has 0 unspecified atom stereocenters. The van der Waals surface area contributed by atoms with Gasteiger partial charge in [0.25, 0.3) is 11.8 Å². The first-order valence-electron chi connectivity index (χ1n) is 10.2. The highest BCUT2D eigenvalue weighted by Crippen LogP contribution is 2.36. The summed E-state index contributed by atoms with van der Waals surface area (Å²) in [6.45, 7) is 2.03. The molecule has 0 bridgehead atoms. The molecule has 5 rings (SSSR count). The molecule has 2 amide bonds. The van der Waals surface area contributed by atoms with E-state index in [9.17, 15) is 14.0 Å². The predicted octanol–water partition coefficient (Wildman–Crippen LogP) is 4.91. The number of hydrogen-bond donors (Lipinski definition) is 1. The third-order valence-electron chi connectivity index (χ3n) is 5.54. The van der Waals surface area contributed by atoms with Crippen molar-refractivity contribution in [2.24, 2.45) is 0 Å². The number of fused-ring (bicyclic) bond motifs is 1. The fraction of sp³-hybridized carbons (Fsp3) is 0.120. The lowest BCUT2D eigenvalue weighted by Crippen LogP contribution is -2.32. The normalized spacial score (nSPS) is 14.9. The Morgan fingerprint density at radius 1 is 0.970 bits per heavy atom. The van der Waals surface area contributed by atoms with Gasteiger partial charge in [-0.1, -0.05) is 35.9 Å². The molecule has 0 atom stereocenters. The summed E-state index contributed by atoms with van der Waals surface area (Å²) >= 11 is 6.14. The summed E-state index contributed by atoms with van der Waals surface area (Å²) in [6.07, 6.45) is 0. The van der Waals surface area contributed by atoms with Gasteiger partial charge in [0.1, 0.15) is 11.5 Å². The summed E-state index contributed by atoms with van der Waals surface area (Å²) in [5.74, 6) is -0.232. The van der Waals surface area contributed by atoms with E-state index in [0.717, 1.165) is 10.5 Å². The standard InChI is InChI=1S/C25H18ClFN2O4/c1-14-2-6-17(26)11-19(14)28-23-22(16-4-7-18(27)8-5-16)24(30)29(25(23)31)12-15-3-9-20-21(10-15)33-13-32-20/h2-11,28H,12-13H2,1H3. The second-order valence-electron chi connectivity index (χ2n) is 7.73. The quantitative estimate of drug-likeness (QED) is 0.543. The van der Waals surface area contributed by atoms with Gasteiger partial charge >= 0.3 is 0 Å². The molecule has 0 saturated carbocycles. The van der Waals surface area contributed by atoms with Gasteiger partial charge in [-0.2, -0.15) is 0 Å². The van der Waals surface area contributed by atoms with Crippen LogP contribution in [-0.2, 0) is 16.1 Å². The highest BCUT2D eigenvalue weighted by molar-refractivity contribution is 6.36. The Bertz CT molecular complexity index is 1320. The maximum Gasteiger partial charge on any atom is 0.278 e. The number of amides is 2. The van der Waals surface area contributed by atoms with Gasteiger partial charge in [-0.05, 0) is 60.0 Å². The van der Waals surface area contributed by atoms with Crippen molar-refractivity contribution in [3.05, 3.63) is 93.9 Å². The van der Waals surface area contributed by atoms with Crippen molar-refractivity contribution in [2.45, 2.75) is 13.5 Å². The van der Waals surface area contributed by atoms with Crippen LogP contribution in [0.1, 0.15) is 16.7 Å². The number of carbonyl (C=O) groups excluding carboxylic acids is 2. The lowest BCUT2D eigenvalue weighted by Gasteiger charge is -2.16. The van der Waals surface area contributed by atoms with Crippen molar-refractivity contribution in [2.75, 3.05) is 12.1 Å². The third-order valence-corrected chi connectivity index (χ3v) is 5.77. The first kappa shape index (κ1) is 21.0. The first-order valence-corrected chi connectivity index (χ1v) is 10.6. The number of benzene rings is 3. The SMILES string of the molecule is Cc1ccc(Cl)cc1NC1=C(c2ccc(F)cc2)C(=O)N(Cc2ccc3c(c2)OCO3)C1=O. The van der Waals surface area contributed by atoms with E-state index >= 15 is 0 Å². The summed E-state index contributed by atoms with van der Waals surface area (Å²) in [7, 11) is 0. The lowest BCUT2D eigenvalue weighted by atomic mass is 10.0. The van der Waals surface area contributed by atoms with Crippen LogP contribution >= 0.6 is 11.6 Å². The summed E-state index contributed by atoms with van der Waals surface area (Å²) in [5, 5.41) is 3.58. The lowest BCUT2D eigenvalue weighted by molar-refractivity contribution is -0.137. The zero-order chi connectivity index (χ0) is 23.1. The van der Waals surface area contributed by atoms with E-state index in [0.29, 0.717) is 33.3 Å². The number of anilines is 1. The molecule has 2 aliphatic heterocycles. The van der Waals surface area contributed by atoms with Crippen LogP contribution in [0.25, 0.3) is 5.57 Å². The van der Waals surface area contributed by atoms with Crippen molar-refractivity contribution in [3.63, 3.8) is 0 Å². The smallest absolute Gasteiger partial charge is 0.278 e. The van der Waals surface area contributed by atoms with Gasteiger partial charge in [-0.3, -0.25) is 14.5 Å². The fourth-order valence-corrected chi connectivity index (χ4v) is 3.98. The van der Waals surface area contributed by atoms with Gasteiger partial charge in [0, 0.05) is 10.7 Å². The minimum absolute atomic E-state index is 0.0404. The second kappa shape index (κ2) is 8.26. The van der Waals surface area contributed by atoms with E-state index in [1.165, 1.54) is 24.3 Å². The van der Waals surface area contributed by atoms with E-state index < -0.39 is 17.6 Å². The predicted molar refractivity (Wildman–Crippen MR) is 121 cm³/mol. The molecular formula is C25H18ClFN2O4. The van der Waals surface area contributed by atoms with Crippen molar-refractivity contribution >= 4 is 34.7 Å². The maximum atomic E-state index is 13.5. The number of nitrogens with one attached hydrogen (secondary N) is 1. The van der Waals surface area contributed by atoms with Crippen LogP contribution in [0.3, 0.4) is 0 Å². The van der Waals surface area contributed by atoms with Crippen molar-refractivity contribution in [1.29, 1.82) is 0 Å². The number of nitrogens with zero attached hydrogens (tertiary/aromatic N) is 1. The number of ether oxygens (including phenoxy) is 2. The van der Waals surface area contributed by atoms with Crippen molar-refractivity contribution in [1.82, 2.24) is 4.90 Å². The number of carbonyl (C=O) groups is 2. The molecule has 6 nitrogen and oxygen atoms in total. The first-order chi connectivity index (χ1) is 15.9. The Morgan fingerprint density at radius 3 is 2.52 bits per heavy atom. The van der Waals surface area contributed by atoms with Crippen LogP contribution in [0.4, 0.5) is 10.1 Å². The number of aryl methyl sites for hydroxylation is 1. The highest BCUT2D eigenvalue weighted by Gasteiger charge is 2.39. The van der Waals surface area contributed by atoms with Crippen LogP contribution in [0.2, 0.25) is 5.02 Å². The van der Waals surface area contributed by atoms with E-state index in [4.69, 9.17) is 21.1 Å². The van der Waals surface area contributed by atoms with E-state index in [2.05, 4.69) is 5.32 Å². The molecule has 8 heteroatoms. The molecule has 0 saturated heterocycles. The average Bonchev–Trinajstić information content (AvgIpc) is 3.35. The van der Waals surface area contributed by atoms with Crippen LogP contribution in [0.15, 0.2) is 66.4 Å². The third kappa shape index (κ3) is 3.91. The van der Waals surface area contributed by atoms with E-state index in [-0.39, 0.29) is 24.6 Å². The number of hydrogen-bond acceptors (Lipinski definition) is 5. The minimum Gasteiger partial charge on any atom is -0.454 e. The molecule has 0 aliphatic carbocycles. The van der Waals surface area contributed by atoms with Gasteiger partial charge in [0.05, 0.1) is 12.1 Å². The second-order valence-corrected chi connectivity index (χ2v) is 8.16. The van der Waals surface area contributed by atoms with E-state index in [1.54, 1.807) is 30.3 Å². The van der Waals surface area contributed by atoms with E-state index in [1.807, 2.05) is 13.0 Å². The number of halogens is 2. The molecule has 0 fully saturated rings. The van der Waals surface area contributed by atoms with Crippen LogP contribution in [0, 0.1) is 12.7 Å². The van der Waals surface area contributed by atoms with Crippen LogP contribution < -0.4 is 14.8 Å². The summed E-state index contributed by atoms with van der Waals surface area (Å²) < 4.78 is 24.3. The Balaban J connectivity index is 1.53. The Labute approximate surface area is 194 Å². The van der Waals surface area contributed by atoms with Crippen molar-refractivity contribution < 1.29 is 23.5 Å². The van der Waals surface area contributed by atoms with Crippen molar-refractivity contribution in [3.8, 4) is 11.5 Å². The highest BCUT2D eigenvalue weighted by atomic mass is 35.5. The van der Waals surface area contributed by atoms with Crippen LogP contribution in [-0.4, -0.2) is 23.5 Å². The summed E-state index contributed by atoms with van der Waals surface area (Å²) in [5.41, 5.74) is 2.87. The Kier molecular flexibility index (Phi) is 5.26. The molecular weight excluding hydrogens is 447 g/mol. The summed E-state index contributed by atoms with van der Waals surface area (Å²) in [6, 6.07) is 16.0. The fourth-order valence-electron chi connectivity index (χ4n) is 3.81. The Morgan fingerprint density at radius 2 is 1.73 bits per heavy atom. The van der Waals surface area contributed by atoms with Gasteiger partial charge < -0.3 is 14.8 Å². The Hall–Kier alpha value is -3.84. The largest absolute Gasteiger partial charge is 0.454 e. The van der Waals surface area contributed by atoms with Crippen LogP contribution in [0.5, 0.6) is 11.5 Å². The number of imide groups is 1. The molecule has 33 heavy (non-hydrogen) atoms. The molecule has 0 radical (unpaired) electrons. The zero-order valence-corrected chi connectivity index (χ0v) is 18.3. The maximum absolute atomic E-state index is 13.5. The van der Waals surface area contributed by atoms with Gasteiger partial charge in [-0.25, -0.2) is 4.39 Å².